The van der Waals surface area contributed by atoms with Gasteiger partial charge in [-0.1, -0.05) is 53.7 Å². The second-order valence-corrected chi connectivity index (χ2v) is 10.6. The SMILES string of the molecule is Cc1ccc(C)c(NC(=O)C2CCCN(S(=O)(=O)c3c(C)noc3C=Cc3ccccc3)C2)c1. The lowest BCUT2D eigenvalue weighted by Gasteiger charge is -2.31. The Kier molecular flexibility index (Phi) is 7.00. The van der Waals surface area contributed by atoms with E-state index in [0.717, 1.165) is 22.4 Å². The second-order valence-electron chi connectivity index (χ2n) is 8.72. The highest BCUT2D eigenvalue weighted by Gasteiger charge is 2.37. The molecule has 1 aromatic heterocycles. The van der Waals surface area contributed by atoms with E-state index in [1.165, 1.54) is 4.31 Å². The topological polar surface area (TPSA) is 92.5 Å². The van der Waals surface area contributed by atoms with Gasteiger partial charge in [0.25, 0.3) is 0 Å². The van der Waals surface area contributed by atoms with Crippen molar-refractivity contribution in [3.05, 3.63) is 76.7 Å². The van der Waals surface area contributed by atoms with E-state index in [1.807, 2.05) is 62.4 Å². The zero-order chi connectivity index (χ0) is 24.3. The first kappa shape index (κ1) is 23.9. The summed E-state index contributed by atoms with van der Waals surface area (Å²) in [7, 11) is -3.89. The van der Waals surface area contributed by atoms with Crippen LogP contribution in [0.5, 0.6) is 0 Å². The molecule has 34 heavy (non-hydrogen) atoms. The van der Waals surface area contributed by atoms with Crippen molar-refractivity contribution in [2.45, 2.75) is 38.5 Å². The van der Waals surface area contributed by atoms with Gasteiger partial charge in [-0.15, -0.1) is 0 Å². The van der Waals surface area contributed by atoms with Crippen LogP contribution in [0.1, 0.15) is 41.0 Å². The number of aryl methyl sites for hydroxylation is 3. The van der Waals surface area contributed by atoms with Crippen LogP contribution in [0, 0.1) is 26.7 Å². The molecule has 0 saturated carbocycles. The van der Waals surface area contributed by atoms with Gasteiger partial charge in [-0.3, -0.25) is 4.79 Å². The molecular formula is C26H29N3O4S. The number of carbonyl (C=O) groups excluding carboxylic acids is 1. The Hall–Kier alpha value is -3.23. The minimum atomic E-state index is -3.89. The molecule has 2 heterocycles. The third kappa shape index (κ3) is 5.13. The third-order valence-electron chi connectivity index (χ3n) is 6.06. The van der Waals surface area contributed by atoms with Crippen molar-refractivity contribution in [3.63, 3.8) is 0 Å². The molecule has 1 amide bonds. The van der Waals surface area contributed by atoms with Crippen molar-refractivity contribution >= 4 is 33.8 Å². The van der Waals surface area contributed by atoms with E-state index in [4.69, 9.17) is 4.52 Å². The Bertz CT molecular complexity index is 1310. The molecule has 0 radical (unpaired) electrons. The number of carbonyl (C=O) groups is 1. The van der Waals surface area contributed by atoms with Crippen molar-refractivity contribution < 1.29 is 17.7 Å². The van der Waals surface area contributed by atoms with Gasteiger partial charge in [-0.25, -0.2) is 8.42 Å². The first-order valence-electron chi connectivity index (χ1n) is 11.3. The molecule has 8 heteroatoms. The molecule has 1 aliphatic rings. The van der Waals surface area contributed by atoms with Crippen LogP contribution in [-0.2, 0) is 14.8 Å². The predicted octanol–water partition coefficient (Wildman–Crippen LogP) is 4.81. The number of piperidine rings is 1. The smallest absolute Gasteiger partial charge is 0.248 e. The molecule has 4 rings (SSSR count). The van der Waals surface area contributed by atoms with E-state index in [9.17, 15) is 13.2 Å². The molecule has 0 aliphatic carbocycles. The van der Waals surface area contributed by atoms with Crippen molar-refractivity contribution in [3.8, 4) is 0 Å². The molecule has 1 saturated heterocycles. The van der Waals surface area contributed by atoms with E-state index in [2.05, 4.69) is 10.5 Å². The number of hydrogen-bond acceptors (Lipinski definition) is 5. The van der Waals surface area contributed by atoms with E-state index in [0.29, 0.717) is 25.1 Å². The summed E-state index contributed by atoms with van der Waals surface area (Å²) in [5, 5.41) is 6.89. The molecule has 178 valence electrons. The zero-order valence-electron chi connectivity index (χ0n) is 19.6. The van der Waals surface area contributed by atoms with Crippen molar-refractivity contribution in [1.29, 1.82) is 0 Å². The highest BCUT2D eigenvalue weighted by atomic mass is 32.2. The maximum Gasteiger partial charge on any atom is 0.248 e. The number of nitrogens with zero attached hydrogens (tertiary/aromatic N) is 2. The number of benzene rings is 2. The minimum Gasteiger partial charge on any atom is -0.355 e. The van der Waals surface area contributed by atoms with Gasteiger partial charge in [0.15, 0.2) is 10.7 Å². The summed E-state index contributed by atoms with van der Waals surface area (Å²) in [6.07, 6.45) is 4.64. The standard InChI is InChI=1S/C26H29N3O4S/c1-18-11-12-19(2)23(16-18)27-26(30)22-10-7-15-29(17-22)34(31,32)25-20(3)28-33-24(25)14-13-21-8-5-4-6-9-21/h4-6,8-9,11-14,16,22H,7,10,15,17H2,1-3H3,(H,27,30). The number of sulfonamides is 1. The summed E-state index contributed by atoms with van der Waals surface area (Å²) in [6.45, 7) is 5.99. The van der Waals surface area contributed by atoms with Gasteiger partial charge in [0.05, 0.1) is 5.92 Å². The first-order valence-corrected chi connectivity index (χ1v) is 12.8. The van der Waals surface area contributed by atoms with Crippen LogP contribution in [0.3, 0.4) is 0 Å². The van der Waals surface area contributed by atoms with Gasteiger partial charge in [0, 0.05) is 18.8 Å². The Morgan fingerprint density at radius 2 is 1.88 bits per heavy atom. The fourth-order valence-electron chi connectivity index (χ4n) is 4.14. The normalized spacial score (nSPS) is 17.2. The number of aromatic nitrogens is 1. The van der Waals surface area contributed by atoms with Gasteiger partial charge in [0.2, 0.25) is 15.9 Å². The molecule has 1 N–H and O–H groups in total. The van der Waals surface area contributed by atoms with Crippen LogP contribution in [0.4, 0.5) is 5.69 Å². The zero-order valence-corrected chi connectivity index (χ0v) is 20.4. The van der Waals surface area contributed by atoms with Crippen LogP contribution < -0.4 is 5.32 Å². The van der Waals surface area contributed by atoms with Gasteiger partial charge >= 0.3 is 0 Å². The molecular weight excluding hydrogens is 450 g/mol. The van der Waals surface area contributed by atoms with Crippen molar-refractivity contribution in [2.24, 2.45) is 5.92 Å². The minimum absolute atomic E-state index is 0.0512. The van der Waals surface area contributed by atoms with Gasteiger partial charge < -0.3 is 9.84 Å². The highest BCUT2D eigenvalue weighted by molar-refractivity contribution is 7.89. The second kappa shape index (κ2) is 9.95. The molecule has 0 bridgehead atoms. The number of hydrogen-bond donors (Lipinski definition) is 1. The fraction of sp³-hybridized carbons (Fsp3) is 0.308. The molecule has 1 fully saturated rings. The van der Waals surface area contributed by atoms with E-state index in [-0.39, 0.29) is 23.1 Å². The lowest BCUT2D eigenvalue weighted by atomic mass is 9.98. The Balaban J connectivity index is 1.54. The summed E-state index contributed by atoms with van der Waals surface area (Å²) in [4.78, 5) is 13.1. The van der Waals surface area contributed by atoms with E-state index >= 15 is 0 Å². The van der Waals surface area contributed by atoms with Crippen LogP contribution in [0.15, 0.2) is 57.9 Å². The van der Waals surface area contributed by atoms with Crippen molar-refractivity contribution in [2.75, 3.05) is 18.4 Å². The van der Waals surface area contributed by atoms with Crippen LogP contribution in [-0.4, -0.2) is 36.9 Å². The summed E-state index contributed by atoms with van der Waals surface area (Å²) in [5.74, 6) is -0.421. The summed E-state index contributed by atoms with van der Waals surface area (Å²) in [6, 6.07) is 15.4. The summed E-state index contributed by atoms with van der Waals surface area (Å²) in [5.41, 5.74) is 3.99. The maximum atomic E-state index is 13.6. The van der Waals surface area contributed by atoms with Gasteiger partial charge in [-0.2, -0.15) is 4.31 Å². The largest absolute Gasteiger partial charge is 0.355 e. The Morgan fingerprint density at radius 3 is 2.65 bits per heavy atom. The lowest BCUT2D eigenvalue weighted by Crippen LogP contribution is -2.44. The highest BCUT2D eigenvalue weighted by Crippen LogP contribution is 2.30. The fourth-order valence-corrected chi connectivity index (χ4v) is 5.92. The number of anilines is 1. The quantitative estimate of drug-likeness (QED) is 0.548. The number of rotatable bonds is 6. The molecule has 3 aromatic rings. The molecule has 0 spiro atoms. The first-order chi connectivity index (χ1) is 16.3. The lowest BCUT2D eigenvalue weighted by molar-refractivity contribution is -0.120. The average Bonchev–Trinajstić information content (AvgIpc) is 3.22. The number of nitrogens with one attached hydrogen (secondary N) is 1. The van der Waals surface area contributed by atoms with Crippen LogP contribution in [0.25, 0.3) is 12.2 Å². The van der Waals surface area contributed by atoms with Gasteiger partial charge in [0.1, 0.15) is 5.69 Å². The molecule has 1 unspecified atom stereocenters. The van der Waals surface area contributed by atoms with Crippen molar-refractivity contribution in [1.82, 2.24) is 9.46 Å². The summed E-state index contributed by atoms with van der Waals surface area (Å²) < 4.78 is 33.9. The monoisotopic (exact) mass is 479 g/mol. The molecule has 1 aliphatic heterocycles. The van der Waals surface area contributed by atoms with Crippen LogP contribution in [0.2, 0.25) is 0 Å². The summed E-state index contributed by atoms with van der Waals surface area (Å²) >= 11 is 0. The predicted molar refractivity (Wildman–Crippen MR) is 133 cm³/mol. The van der Waals surface area contributed by atoms with Gasteiger partial charge in [-0.05, 0) is 62.4 Å². The van der Waals surface area contributed by atoms with E-state index < -0.39 is 15.9 Å². The average molecular weight is 480 g/mol. The maximum absolute atomic E-state index is 13.6. The Labute approximate surface area is 200 Å². The molecule has 2 aromatic carbocycles. The third-order valence-corrected chi connectivity index (χ3v) is 8.09. The van der Waals surface area contributed by atoms with E-state index in [1.54, 1.807) is 19.1 Å². The molecule has 7 nitrogen and oxygen atoms in total. The molecule has 1 atom stereocenters. The Morgan fingerprint density at radius 1 is 1.12 bits per heavy atom. The van der Waals surface area contributed by atoms with Crippen LogP contribution >= 0.6 is 0 Å². The number of amides is 1.